The second-order valence-electron chi connectivity index (χ2n) is 4.98. The predicted octanol–water partition coefficient (Wildman–Crippen LogP) is 1.39. The van der Waals surface area contributed by atoms with Gasteiger partial charge < -0.3 is 14.6 Å². The first kappa shape index (κ1) is 14.3. The highest BCUT2D eigenvalue weighted by molar-refractivity contribution is 5.93. The van der Waals surface area contributed by atoms with Crippen LogP contribution in [0.4, 0.5) is 0 Å². The molecule has 0 unspecified atom stereocenters. The van der Waals surface area contributed by atoms with E-state index in [1.54, 1.807) is 12.1 Å². The Morgan fingerprint density at radius 3 is 2.80 bits per heavy atom. The third kappa shape index (κ3) is 3.05. The van der Waals surface area contributed by atoms with Crippen molar-refractivity contribution in [3.05, 3.63) is 45.8 Å². The number of carbonyl (C=O) groups excluding carboxylic acids is 1. The standard InChI is InChI=1S/C15H18N2O3/c1-10-5-4-6-12-14(10)11(18)9-13(20-12)15(19)16-7-8-17(2)3/h4-6,9H,7-8H2,1-3H3,(H,16,19). The van der Waals surface area contributed by atoms with E-state index in [1.165, 1.54) is 6.07 Å². The zero-order valence-corrected chi connectivity index (χ0v) is 11.9. The molecule has 106 valence electrons. The van der Waals surface area contributed by atoms with Gasteiger partial charge in [0.1, 0.15) is 5.58 Å². The van der Waals surface area contributed by atoms with Crippen LogP contribution in [-0.4, -0.2) is 38.0 Å². The molecule has 2 rings (SSSR count). The average Bonchev–Trinajstić information content (AvgIpc) is 2.37. The molecule has 0 fully saturated rings. The fourth-order valence-electron chi connectivity index (χ4n) is 1.97. The summed E-state index contributed by atoms with van der Waals surface area (Å²) in [5, 5.41) is 3.25. The summed E-state index contributed by atoms with van der Waals surface area (Å²) in [4.78, 5) is 26.0. The summed E-state index contributed by atoms with van der Waals surface area (Å²) in [6, 6.07) is 6.59. The first-order chi connectivity index (χ1) is 9.49. The van der Waals surface area contributed by atoms with Crippen molar-refractivity contribution in [3.8, 4) is 0 Å². The molecule has 1 aromatic carbocycles. The molecule has 0 atom stereocenters. The monoisotopic (exact) mass is 274 g/mol. The highest BCUT2D eigenvalue weighted by Gasteiger charge is 2.12. The Kier molecular flexibility index (Phi) is 4.20. The molecule has 0 radical (unpaired) electrons. The van der Waals surface area contributed by atoms with E-state index in [9.17, 15) is 9.59 Å². The molecule has 0 aliphatic carbocycles. The molecule has 0 aliphatic rings. The molecule has 0 spiro atoms. The van der Waals surface area contributed by atoms with Crippen LogP contribution in [0.5, 0.6) is 0 Å². The van der Waals surface area contributed by atoms with E-state index < -0.39 is 0 Å². The maximum atomic E-state index is 12.1. The summed E-state index contributed by atoms with van der Waals surface area (Å²) in [7, 11) is 3.84. The minimum Gasteiger partial charge on any atom is -0.451 e. The summed E-state index contributed by atoms with van der Waals surface area (Å²) in [5.41, 5.74) is 1.09. The normalized spacial score (nSPS) is 11.0. The fourth-order valence-corrected chi connectivity index (χ4v) is 1.97. The van der Waals surface area contributed by atoms with Gasteiger partial charge in [0.2, 0.25) is 0 Å². The first-order valence-electron chi connectivity index (χ1n) is 6.45. The molecule has 0 saturated carbocycles. The van der Waals surface area contributed by atoms with Gasteiger partial charge in [0, 0.05) is 19.2 Å². The van der Waals surface area contributed by atoms with Crippen LogP contribution in [-0.2, 0) is 0 Å². The van der Waals surface area contributed by atoms with E-state index in [0.29, 0.717) is 17.5 Å². The SMILES string of the molecule is Cc1cccc2oc(C(=O)NCCN(C)C)cc(=O)c12. The molecule has 0 aliphatic heterocycles. The highest BCUT2D eigenvalue weighted by Crippen LogP contribution is 2.15. The quantitative estimate of drug-likeness (QED) is 0.915. The maximum absolute atomic E-state index is 12.1. The van der Waals surface area contributed by atoms with Crippen LogP contribution >= 0.6 is 0 Å². The minimum atomic E-state index is -0.368. The zero-order valence-electron chi connectivity index (χ0n) is 11.9. The second kappa shape index (κ2) is 5.88. The van der Waals surface area contributed by atoms with Crippen LogP contribution < -0.4 is 10.7 Å². The Balaban J connectivity index is 2.28. The molecule has 1 heterocycles. The van der Waals surface area contributed by atoms with Crippen LogP contribution in [0.15, 0.2) is 33.5 Å². The number of fused-ring (bicyclic) bond motifs is 1. The third-order valence-electron chi connectivity index (χ3n) is 3.03. The molecule has 5 nitrogen and oxygen atoms in total. The Hall–Kier alpha value is -2.14. The van der Waals surface area contributed by atoms with E-state index in [2.05, 4.69) is 5.32 Å². The molecule has 0 bridgehead atoms. The van der Waals surface area contributed by atoms with Gasteiger partial charge in [-0.2, -0.15) is 0 Å². The van der Waals surface area contributed by atoms with Gasteiger partial charge in [-0.05, 0) is 32.6 Å². The van der Waals surface area contributed by atoms with Gasteiger partial charge in [0.25, 0.3) is 5.91 Å². The largest absolute Gasteiger partial charge is 0.451 e. The summed E-state index contributed by atoms with van der Waals surface area (Å²) in [6.07, 6.45) is 0. The molecule has 5 heteroatoms. The van der Waals surface area contributed by atoms with Gasteiger partial charge in [-0.1, -0.05) is 12.1 Å². The van der Waals surface area contributed by atoms with Crippen molar-refractivity contribution in [2.45, 2.75) is 6.92 Å². The number of benzene rings is 1. The number of nitrogens with one attached hydrogen (secondary N) is 1. The number of carbonyl (C=O) groups is 1. The lowest BCUT2D eigenvalue weighted by Crippen LogP contribution is -2.31. The number of nitrogens with zero attached hydrogens (tertiary/aromatic N) is 1. The average molecular weight is 274 g/mol. The Bertz CT molecular complexity index is 689. The maximum Gasteiger partial charge on any atom is 0.287 e. The summed E-state index contributed by atoms with van der Waals surface area (Å²) < 4.78 is 5.52. The summed E-state index contributed by atoms with van der Waals surface area (Å²) >= 11 is 0. The molecule has 20 heavy (non-hydrogen) atoms. The smallest absolute Gasteiger partial charge is 0.287 e. The van der Waals surface area contributed by atoms with Crippen molar-refractivity contribution >= 4 is 16.9 Å². The minimum absolute atomic E-state index is 0.0480. The predicted molar refractivity (Wildman–Crippen MR) is 78.1 cm³/mol. The van der Waals surface area contributed by atoms with E-state index >= 15 is 0 Å². The van der Waals surface area contributed by atoms with Crippen LogP contribution in [0.2, 0.25) is 0 Å². The number of amides is 1. The molecule has 2 aromatic rings. The van der Waals surface area contributed by atoms with Gasteiger partial charge >= 0.3 is 0 Å². The van der Waals surface area contributed by atoms with E-state index in [1.807, 2.05) is 32.0 Å². The summed E-state index contributed by atoms with van der Waals surface area (Å²) in [5.74, 6) is -0.320. The van der Waals surface area contributed by atoms with E-state index in [4.69, 9.17) is 4.42 Å². The topological polar surface area (TPSA) is 62.6 Å². The van der Waals surface area contributed by atoms with Gasteiger partial charge in [0.05, 0.1) is 5.39 Å². The van der Waals surface area contributed by atoms with Gasteiger partial charge in [-0.25, -0.2) is 0 Å². The fraction of sp³-hybridized carbons (Fsp3) is 0.333. The lowest BCUT2D eigenvalue weighted by molar-refractivity contribution is 0.0924. The lowest BCUT2D eigenvalue weighted by Gasteiger charge is -2.10. The van der Waals surface area contributed by atoms with Crippen molar-refractivity contribution in [2.24, 2.45) is 0 Å². The number of hydrogen-bond acceptors (Lipinski definition) is 4. The van der Waals surface area contributed by atoms with Crippen LogP contribution in [0.3, 0.4) is 0 Å². The third-order valence-corrected chi connectivity index (χ3v) is 3.03. The number of aryl methyl sites for hydroxylation is 1. The Labute approximate surface area is 117 Å². The Morgan fingerprint density at radius 1 is 1.35 bits per heavy atom. The lowest BCUT2D eigenvalue weighted by atomic mass is 10.1. The van der Waals surface area contributed by atoms with Crippen LogP contribution in [0.25, 0.3) is 11.0 Å². The van der Waals surface area contributed by atoms with Crippen molar-refractivity contribution in [2.75, 3.05) is 27.2 Å². The van der Waals surface area contributed by atoms with Crippen LogP contribution in [0.1, 0.15) is 16.1 Å². The molecular weight excluding hydrogens is 256 g/mol. The number of rotatable bonds is 4. The molecule has 1 amide bonds. The molecule has 1 N–H and O–H groups in total. The molecule has 0 saturated heterocycles. The van der Waals surface area contributed by atoms with Crippen molar-refractivity contribution in [1.29, 1.82) is 0 Å². The second-order valence-corrected chi connectivity index (χ2v) is 4.98. The highest BCUT2D eigenvalue weighted by atomic mass is 16.3. The van der Waals surface area contributed by atoms with E-state index in [0.717, 1.165) is 12.1 Å². The van der Waals surface area contributed by atoms with Crippen molar-refractivity contribution < 1.29 is 9.21 Å². The van der Waals surface area contributed by atoms with Gasteiger partial charge in [-0.15, -0.1) is 0 Å². The number of likely N-dealkylation sites (N-methyl/N-ethyl adjacent to an activating group) is 1. The van der Waals surface area contributed by atoms with Crippen molar-refractivity contribution in [3.63, 3.8) is 0 Å². The molecule has 1 aromatic heterocycles. The van der Waals surface area contributed by atoms with Gasteiger partial charge in [0.15, 0.2) is 11.2 Å². The van der Waals surface area contributed by atoms with Gasteiger partial charge in [-0.3, -0.25) is 9.59 Å². The van der Waals surface area contributed by atoms with E-state index in [-0.39, 0.29) is 17.1 Å². The van der Waals surface area contributed by atoms with Crippen molar-refractivity contribution in [1.82, 2.24) is 10.2 Å². The summed E-state index contributed by atoms with van der Waals surface area (Å²) in [6.45, 7) is 3.07. The van der Waals surface area contributed by atoms with Crippen LogP contribution in [0, 0.1) is 6.92 Å². The molecular formula is C15H18N2O3. The Morgan fingerprint density at radius 2 is 2.10 bits per heavy atom. The zero-order chi connectivity index (χ0) is 14.7. The number of hydrogen-bond donors (Lipinski definition) is 1. The first-order valence-corrected chi connectivity index (χ1v) is 6.45.